The summed E-state index contributed by atoms with van der Waals surface area (Å²) in [6.45, 7) is 2.13. The molecule has 13 heteroatoms. The minimum atomic E-state index is -4.84. The van der Waals surface area contributed by atoms with Crippen LogP contribution in [-0.4, -0.2) is 39.9 Å². The van der Waals surface area contributed by atoms with Gasteiger partial charge in [0, 0.05) is 35.4 Å². The number of halogens is 5. The maximum Gasteiger partial charge on any atom is 0.417 e. The van der Waals surface area contributed by atoms with Gasteiger partial charge in [0.15, 0.2) is 28.4 Å². The first-order valence-corrected chi connectivity index (χ1v) is 10.6. The van der Waals surface area contributed by atoms with Crippen molar-refractivity contribution in [1.29, 1.82) is 0 Å². The Labute approximate surface area is 200 Å². The number of alkyl halides is 3. The summed E-state index contributed by atoms with van der Waals surface area (Å²) < 4.78 is 81.6. The highest BCUT2D eigenvalue weighted by Crippen LogP contribution is 2.59. The number of rotatable bonds is 4. The second kappa shape index (κ2) is 8.73. The van der Waals surface area contributed by atoms with Crippen LogP contribution in [-0.2, 0) is 4.74 Å². The number of H-pyrrole nitrogens is 1. The maximum atomic E-state index is 14.6. The van der Waals surface area contributed by atoms with Crippen LogP contribution in [0.15, 0.2) is 40.4 Å². The number of aromatic amines is 1. The van der Waals surface area contributed by atoms with Gasteiger partial charge in [0.1, 0.15) is 11.8 Å². The van der Waals surface area contributed by atoms with E-state index < -0.39 is 58.4 Å². The van der Waals surface area contributed by atoms with Crippen LogP contribution in [0.2, 0.25) is 0 Å². The number of aromatic nitrogens is 2. The zero-order valence-electron chi connectivity index (χ0n) is 19.2. The van der Waals surface area contributed by atoms with Crippen molar-refractivity contribution in [3.8, 4) is 5.75 Å². The molecule has 4 N–H and O–H groups in total. The Morgan fingerprint density at radius 2 is 2.00 bits per heavy atom. The predicted octanol–water partition coefficient (Wildman–Crippen LogP) is 4.12. The molecule has 4 atom stereocenters. The fourth-order valence-electron chi connectivity index (χ4n) is 4.70. The molecule has 2 aromatic heterocycles. The van der Waals surface area contributed by atoms with Crippen molar-refractivity contribution in [2.75, 3.05) is 7.11 Å². The van der Waals surface area contributed by atoms with Gasteiger partial charge in [-0.25, -0.2) is 4.39 Å². The highest BCUT2D eigenvalue weighted by molar-refractivity contribution is 6.06. The van der Waals surface area contributed by atoms with E-state index >= 15 is 0 Å². The van der Waals surface area contributed by atoms with E-state index in [1.807, 2.05) is 0 Å². The summed E-state index contributed by atoms with van der Waals surface area (Å²) in [5.41, 5.74) is 2.08. The van der Waals surface area contributed by atoms with Gasteiger partial charge in [-0.2, -0.15) is 17.6 Å². The molecule has 1 aliphatic heterocycles. The smallest absolute Gasteiger partial charge is 0.417 e. The topological polar surface area (TPSA) is 123 Å². The molecule has 0 saturated carbocycles. The number of methoxy groups -OCH3 is 1. The van der Waals surface area contributed by atoms with Gasteiger partial charge in [0.25, 0.3) is 0 Å². The molecule has 0 aliphatic carbocycles. The van der Waals surface area contributed by atoms with Crippen LogP contribution in [0.3, 0.4) is 0 Å². The van der Waals surface area contributed by atoms with Crippen molar-refractivity contribution in [1.82, 2.24) is 9.97 Å². The average Bonchev–Trinajstić information content (AvgIpc) is 3.11. The van der Waals surface area contributed by atoms with Crippen LogP contribution >= 0.6 is 0 Å². The Hall–Kier alpha value is -3.74. The second-order valence-electron chi connectivity index (χ2n) is 8.60. The van der Waals surface area contributed by atoms with Crippen LogP contribution < -0.4 is 15.9 Å². The second-order valence-corrected chi connectivity index (χ2v) is 8.60. The largest absolute Gasteiger partial charge is 0.493 e. The number of nitrogens with zero attached hydrogens (tertiary/aromatic N) is 2. The lowest BCUT2D eigenvalue weighted by Crippen LogP contribution is -2.46. The van der Waals surface area contributed by atoms with E-state index in [1.54, 1.807) is 0 Å². The van der Waals surface area contributed by atoms with E-state index in [-0.39, 0.29) is 27.9 Å². The van der Waals surface area contributed by atoms with Crippen molar-refractivity contribution >= 4 is 16.7 Å². The standard InChI is InChI=1S/C23H21F5N4O4/c1-9-15(10-4-5-11(24)17(25)19(10)35-3)20(36-22(9,2)23(26,27)28)13-8-14(33)16-12(31-13)6-7-30-18(16)21(29)32-34/h4-9,15,20,34H,1-3H3,(H2,29,32)(H,31,33)/t9-,15-,20-,22+/m0/s1. The molecule has 4 rings (SSSR count). The van der Waals surface area contributed by atoms with E-state index in [0.717, 1.165) is 32.2 Å². The molecule has 192 valence electrons. The number of benzene rings is 1. The summed E-state index contributed by atoms with van der Waals surface area (Å²) in [7, 11) is 1.07. The molecule has 1 aromatic carbocycles. The predicted molar refractivity (Wildman–Crippen MR) is 118 cm³/mol. The third-order valence-corrected chi connectivity index (χ3v) is 6.73. The van der Waals surface area contributed by atoms with Crippen molar-refractivity contribution in [2.24, 2.45) is 16.8 Å². The fraction of sp³-hybridized carbons (Fsp3) is 0.348. The van der Waals surface area contributed by atoms with Crippen LogP contribution in [0, 0.1) is 17.6 Å². The van der Waals surface area contributed by atoms with E-state index in [0.29, 0.717) is 0 Å². The van der Waals surface area contributed by atoms with Gasteiger partial charge < -0.3 is 25.4 Å². The first-order chi connectivity index (χ1) is 16.9. The number of ether oxygens (including phenoxy) is 2. The Kier molecular flexibility index (Phi) is 6.15. The summed E-state index contributed by atoms with van der Waals surface area (Å²) >= 11 is 0. The minimum Gasteiger partial charge on any atom is -0.493 e. The van der Waals surface area contributed by atoms with Crippen LogP contribution in [0.5, 0.6) is 5.75 Å². The number of hydrogen-bond donors (Lipinski definition) is 3. The Bertz CT molecular complexity index is 1420. The van der Waals surface area contributed by atoms with Gasteiger partial charge in [-0.05, 0) is 19.1 Å². The Balaban J connectivity index is 1.97. The maximum absolute atomic E-state index is 14.6. The number of amidine groups is 1. The molecular weight excluding hydrogens is 491 g/mol. The normalized spacial score (nSPS) is 24.9. The van der Waals surface area contributed by atoms with Crippen LogP contribution in [0.1, 0.15) is 42.8 Å². The quantitative estimate of drug-likeness (QED) is 0.159. The molecule has 1 aliphatic rings. The van der Waals surface area contributed by atoms with Gasteiger partial charge in [0.05, 0.1) is 18.0 Å². The highest BCUT2D eigenvalue weighted by Gasteiger charge is 2.65. The number of pyridine rings is 2. The van der Waals surface area contributed by atoms with E-state index in [9.17, 15) is 26.7 Å². The lowest BCUT2D eigenvalue weighted by molar-refractivity contribution is -0.275. The zero-order chi connectivity index (χ0) is 26.6. The summed E-state index contributed by atoms with van der Waals surface area (Å²) in [4.78, 5) is 19.8. The highest BCUT2D eigenvalue weighted by atomic mass is 19.4. The summed E-state index contributed by atoms with van der Waals surface area (Å²) in [6.07, 6.45) is -5.03. The molecule has 0 amide bonds. The van der Waals surface area contributed by atoms with E-state index in [2.05, 4.69) is 15.1 Å². The van der Waals surface area contributed by atoms with Gasteiger partial charge >= 0.3 is 6.18 Å². The number of oxime groups is 1. The number of nitrogens with one attached hydrogen (secondary N) is 1. The van der Waals surface area contributed by atoms with Crippen molar-refractivity contribution in [3.63, 3.8) is 0 Å². The molecule has 3 heterocycles. The monoisotopic (exact) mass is 512 g/mol. The number of hydrogen-bond acceptors (Lipinski definition) is 6. The molecular formula is C23H21F5N4O4. The number of fused-ring (bicyclic) bond motifs is 1. The molecule has 36 heavy (non-hydrogen) atoms. The van der Waals surface area contributed by atoms with E-state index in [4.69, 9.17) is 20.4 Å². The summed E-state index contributed by atoms with van der Waals surface area (Å²) in [6, 6.07) is 4.31. The zero-order valence-corrected chi connectivity index (χ0v) is 19.2. The first-order valence-electron chi connectivity index (χ1n) is 10.6. The van der Waals surface area contributed by atoms with Crippen molar-refractivity contribution < 1.29 is 36.6 Å². The average molecular weight is 512 g/mol. The fourth-order valence-corrected chi connectivity index (χ4v) is 4.70. The first kappa shape index (κ1) is 25.4. The Morgan fingerprint density at radius 1 is 1.31 bits per heavy atom. The molecule has 0 unspecified atom stereocenters. The molecule has 0 spiro atoms. The molecule has 3 aromatic rings. The lowest BCUT2D eigenvalue weighted by Gasteiger charge is -2.32. The van der Waals surface area contributed by atoms with Gasteiger partial charge in [-0.3, -0.25) is 9.78 Å². The van der Waals surface area contributed by atoms with Crippen molar-refractivity contribution in [3.05, 3.63) is 69.3 Å². The lowest BCUT2D eigenvalue weighted by atomic mass is 9.76. The van der Waals surface area contributed by atoms with Crippen LogP contribution in [0.4, 0.5) is 22.0 Å². The van der Waals surface area contributed by atoms with Gasteiger partial charge in [0.2, 0.25) is 5.82 Å². The molecule has 1 saturated heterocycles. The van der Waals surface area contributed by atoms with Gasteiger partial charge in [-0.15, -0.1) is 0 Å². The SMILES string of the molecule is COc1c([C@H]2[C@H](c3cc(=O)c4c(/C(N)=N\O)nccc4[nH]3)O[C@@](C)(C(F)(F)F)[C@H]2C)ccc(F)c1F. The summed E-state index contributed by atoms with van der Waals surface area (Å²) in [5.74, 6) is -6.12. The third kappa shape index (κ3) is 3.74. The minimum absolute atomic E-state index is 0.0548. The van der Waals surface area contributed by atoms with Gasteiger partial charge in [-0.1, -0.05) is 18.1 Å². The molecule has 1 fully saturated rings. The summed E-state index contributed by atoms with van der Waals surface area (Å²) in [5, 5.41) is 11.8. The van der Waals surface area contributed by atoms with Crippen molar-refractivity contribution in [2.45, 2.75) is 37.6 Å². The Morgan fingerprint density at radius 3 is 2.61 bits per heavy atom. The molecule has 0 radical (unpaired) electrons. The molecule has 8 nitrogen and oxygen atoms in total. The van der Waals surface area contributed by atoms with E-state index in [1.165, 1.54) is 19.2 Å². The number of nitrogens with two attached hydrogens (primary N) is 1. The third-order valence-electron chi connectivity index (χ3n) is 6.73. The molecule has 0 bridgehead atoms. The van der Waals surface area contributed by atoms with Crippen LogP contribution in [0.25, 0.3) is 10.9 Å².